The standard InChI is InChI=1S/C6H5N3O3/c10-8-6-3-1-5(2-4-6)7-9(11)12/h1-4,7H. The first kappa shape index (κ1) is 8.12. The van der Waals surface area contributed by atoms with Gasteiger partial charge in [0.05, 0.1) is 0 Å². The van der Waals surface area contributed by atoms with Crippen LogP contribution in [0.3, 0.4) is 0 Å². The van der Waals surface area contributed by atoms with Gasteiger partial charge in [-0.1, -0.05) is 0 Å². The van der Waals surface area contributed by atoms with E-state index in [0.717, 1.165) is 0 Å². The second-order valence-electron chi connectivity index (χ2n) is 2.01. The van der Waals surface area contributed by atoms with Crippen LogP contribution in [0, 0.1) is 15.0 Å². The Morgan fingerprint density at radius 2 is 1.92 bits per heavy atom. The van der Waals surface area contributed by atoms with E-state index in [1.807, 2.05) is 5.43 Å². The maximum Gasteiger partial charge on any atom is 0.162 e. The normalized spacial score (nSPS) is 9.00. The summed E-state index contributed by atoms with van der Waals surface area (Å²) in [5.41, 5.74) is 2.49. The molecular weight excluding hydrogens is 162 g/mol. The second kappa shape index (κ2) is 3.42. The lowest BCUT2D eigenvalue weighted by Crippen LogP contribution is -2.07. The Hall–Kier alpha value is -1.98. The molecule has 62 valence electrons. The third kappa shape index (κ3) is 2.01. The average molecular weight is 167 g/mol. The number of rotatable bonds is 3. The van der Waals surface area contributed by atoms with Crippen LogP contribution in [0.1, 0.15) is 0 Å². The number of anilines is 1. The lowest BCUT2D eigenvalue weighted by atomic mass is 10.3. The van der Waals surface area contributed by atoms with Gasteiger partial charge in [-0.25, -0.2) is 10.1 Å². The zero-order chi connectivity index (χ0) is 8.97. The minimum absolute atomic E-state index is 0.240. The topological polar surface area (TPSA) is 84.6 Å². The molecule has 1 N–H and O–H groups in total. The number of nitro groups is 1. The fourth-order valence-corrected chi connectivity index (χ4v) is 0.702. The summed E-state index contributed by atoms with van der Waals surface area (Å²) < 4.78 is 0. The van der Waals surface area contributed by atoms with Gasteiger partial charge in [-0.2, -0.15) is 0 Å². The molecule has 1 aromatic carbocycles. The molecule has 0 aromatic heterocycles. The molecule has 0 aliphatic heterocycles. The summed E-state index contributed by atoms with van der Waals surface area (Å²) in [5, 5.41) is 11.9. The Bertz CT molecular complexity index is 295. The maximum atomic E-state index is 9.94. The van der Waals surface area contributed by atoms with Crippen molar-refractivity contribution < 1.29 is 5.03 Å². The molecule has 0 saturated heterocycles. The van der Waals surface area contributed by atoms with Crippen molar-refractivity contribution in [1.29, 1.82) is 0 Å². The summed E-state index contributed by atoms with van der Waals surface area (Å²) in [4.78, 5) is 19.9. The summed E-state index contributed by atoms with van der Waals surface area (Å²) in [6.07, 6.45) is 0. The van der Waals surface area contributed by atoms with E-state index in [4.69, 9.17) is 0 Å². The van der Waals surface area contributed by atoms with Crippen molar-refractivity contribution in [3.63, 3.8) is 0 Å². The van der Waals surface area contributed by atoms with Gasteiger partial charge in [0.1, 0.15) is 11.4 Å². The van der Waals surface area contributed by atoms with E-state index in [-0.39, 0.29) is 5.69 Å². The van der Waals surface area contributed by atoms with Crippen LogP contribution in [0.5, 0.6) is 0 Å². The largest absolute Gasteiger partial charge is 0.235 e. The number of nitrogens with zero attached hydrogens (tertiary/aromatic N) is 2. The minimum atomic E-state index is -0.677. The molecular formula is C6H5N3O3. The summed E-state index contributed by atoms with van der Waals surface area (Å²) in [6, 6.07) is 5.58. The predicted octanol–water partition coefficient (Wildman–Crippen LogP) is 1.69. The number of nitrogens with one attached hydrogen (secondary N) is 1. The van der Waals surface area contributed by atoms with E-state index < -0.39 is 5.03 Å². The molecule has 0 amide bonds. The molecule has 0 unspecified atom stereocenters. The molecule has 0 heterocycles. The van der Waals surface area contributed by atoms with Gasteiger partial charge in [0.25, 0.3) is 0 Å². The fourth-order valence-electron chi connectivity index (χ4n) is 0.702. The number of benzene rings is 1. The summed E-state index contributed by atoms with van der Waals surface area (Å²) in [5.74, 6) is 0. The molecule has 0 fully saturated rings. The minimum Gasteiger partial charge on any atom is -0.235 e. The number of hydrogen-bond acceptors (Lipinski definition) is 4. The molecule has 12 heavy (non-hydrogen) atoms. The van der Waals surface area contributed by atoms with Crippen molar-refractivity contribution in [3.05, 3.63) is 39.3 Å². The van der Waals surface area contributed by atoms with E-state index in [9.17, 15) is 15.0 Å². The van der Waals surface area contributed by atoms with Gasteiger partial charge in [0, 0.05) is 0 Å². The molecule has 1 aromatic rings. The van der Waals surface area contributed by atoms with Crippen LogP contribution in [0.15, 0.2) is 29.4 Å². The van der Waals surface area contributed by atoms with Crippen molar-refractivity contribution in [2.45, 2.75) is 0 Å². The first-order chi connectivity index (χ1) is 5.72. The molecule has 6 heteroatoms. The third-order valence-corrected chi connectivity index (χ3v) is 1.19. The Kier molecular flexibility index (Phi) is 2.32. The number of nitroso groups, excluding NO2 is 1. The molecule has 0 aliphatic rings. The summed E-state index contributed by atoms with van der Waals surface area (Å²) in [6.45, 7) is 0. The average Bonchev–Trinajstić information content (AvgIpc) is 2.05. The SMILES string of the molecule is O=Nc1ccc(N[N+](=O)[O-])cc1. The molecule has 6 nitrogen and oxygen atoms in total. The van der Waals surface area contributed by atoms with Crippen LogP contribution in [0.25, 0.3) is 0 Å². The van der Waals surface area contributed by atoms with E-state index >= 15 is 0 Å². The van der Waals surface area contributed by atoms with Crippen molar-refractivity contribution >= 4 is 11.4 Å². The molecule has 0 spiro atoms. The Morgan fingerprint density at radius 3 is 2.33 bits per heavy atom. The maximum absolute atomic E-state index is 9.94. The predicted molar refractivity (Wildman–Crippen MR) is 42.5 cm³/mol. The van der Waals surface area contributed by atoms with E-state index in [2.05, 4.69) is 5.18 Å². The zero-order valence-corrected chi connectivity index (χ0v) is 5.93. The quantitative estimate of drug-likeness (QED) is 0.421. The van der Waals surface area contributed by atoms with Gasteiger partial charge in [-0.15, -0.1) is 10.3 Å². The molecule has 0 aliphatic carbocycles. The van der Waals surface area contributed by atoms with Crippen LogP contribution >= 0.6 is 0 Å². The van der Waals surface area contributed by atoms with E-state index in [0.29, 0.717) is 5.69 Å². The molecule has 0 bridgehead atoms. The number of hydrogen-bond donors (Lipinski definition) is 1. The highest BCUT2D eigenvalue weighted by Crippen LogP contribution is 2.15. The lowest BCUT2D eigenvalue weighted by molar-refractivity contribution is -0.445. The lowest BCUT2D eigenvalue weighted by Gasteiger charge is -1.94. The highest BCUT2D eigenvalue weighted by molar-refractivity contribution is 5.49. The van der Waals surface area contributed by atoms with Crippen LogP contribution in [-0.2, 0) is 0 Å². The Balaban J connectivity index is 2.77. The van der Waals surface area contributed by atoms with Gasteiger partial charge >= 0.3 is 0 Å². The Morgan fingerprint density at radius 1 is 1.33 bits per heavy atom. The molecule has 1 rings (SSSR count). The third-order valence-electron chi connectivity index (χ3n) is 1.19. The smallest absolute Gasteiger partial charge is 0.162 e. The summed E-state index contributed by atoms with van der Waals surface area (Å²) >= 11 is 0. The first-order valence-corrected chi connectivity index (χ1v) is 3.07. The van der Waals surface area contributed by atoms with E-state index in [1.54, 1.807) is 0 Å². The Labute approximate surface area is 67.3 Å². The fraction of sp³-hybridized carbons (Fsp3) is 0. The van der Waals surface area contributed by atoms with Crippen molar-refractivity contribution in [1.82, 2.24) is 0 Å². The van der Waals surface area contributed by atoms with Crippen molar-refractivity contribution in [2.24, 2.45) is 5.18 Å². The van der Waals surface area contributed by atoms with Crippen LogP contribution in [0.2, 0.25) is 0 Å². The van der Waals surface area contributed by atoms with E-state index in [1.165, 1.54) is 24.3 Å². The number of hydrazine groups is 1. The zero-order valence-electron chi connectivity index (χ0n) is 5.93. The van der Waals surface area contributed by atoms with Gasteiger partial charge < -0.3 is 0 Å². The monoisotopic (exact) mass is 167 g/mol. The van der Waals surface area contributed by atoms with Gasteiger partial charge in [0.15, 0.2) is 5.03 Å². The van der Waals surface area contributed by atoms with Gasteiger partial charge in [0.2, 0.25) is 0 Å². The molecule has 0 atom stereocenters. The molecule has 0 radical (unpaired) electrons. The highest BCUT2D eigenvalue weighted by Gasteiger charge is 1.97. The van der Waals surface area contributed by atoms with Gasteiger partial charge in [-0.3, -0.25) is 0 Å². The van der Waals surface area contributed by atoms with Crippen LogP contribution in [-0.4, -0.2) is 5.03 Å². The highest BCUT2D eigenvalue weighted by atomic mass is 16.7. The second-order valence-corrected chi connectivity index (χ2v) is 2.01. The first-order valence-electron chi connectivity index (χ1n) is 3.07. The van der Waals surface area contributed by atoms with Crippen molar-refractivity contribution in [2.75, 3.05) is 5.43 Å². The summed E-state index contributed by atoms with van der Waals surface area (Å²) in [7, 11) is 0. The van der Waals surface area contributed by atoms with Crippen LogP contribution in [0.4, 0.5) is 11.4 Å². The van der Waals surface area contributed by atoms with Crippen molar-refractivity contribution in [3.8, 4) is 0 Å². The van der Waals surface area contributed by atoms with Gasteiger partial charge in [-0.05, 0) is 29.4 Å². The molecule has 0 saturated carbocycles. The van der Waals surface area contributed by atoms with Crippen LogP contribution < -0.4 is 5.43 Å².